The third kappa shape index (κ3) is 6.41. The van der Waals surface area contributed by atoms with Gasteiger partial charge in [-0.15, -0.1) is 0 Å². The van der Waals surface area contributed by atoms with Crippen molar-refractivity contribution in [2.75, 3.05) is 23.3 Å². The molecule has 0 fully saturated rings. The highest BCUT2D eigenvalue weighted by molar-refractivity contribution is 7.92. The van der Waals surface area contributed by atoms with E-state index in [1.54, 1.807) is 48.5 Å². The molecule has 1 amide bonds. The van der Waals surface area contributed by atoms with Crippen molar-refractivity contribution >= 4 is 38.9 Å². The van der Waals surface area contributed by atoms with Crippen molar-refractivity contribution in [3.8, 4) is 17.2 Å². The summed E-state index contributed by atoms with van der Waals surface area (Å²) in [6.07, 6.45) is 0. The van der Waals surface area contributed by atoms with E-state index < -0.39 is 22.5 Å². The molecule has 9 heteroatoms. The van der Waals surface area contributed by atoms with Crippen LogP contribution in [0.2, 0.25) is 5.02 Å². The van der Waals surface area contributed by atoms with Crippen LogP contribution in [0.3, 0.4) is 0 Å². The Hall–Kier alpha value is -4.01. The zero-order valence-corrected chi connectivity index (χ0v) is 21.8. The molecular weight excluding hydrogens is 512 g/mol. The monoisotopic (exact) mass is 536 g/mol. The van der Waals surface area contributed by atoms with Crippen molar-refractivity contribution in [3.05, 3.63) is 108 Å². The molecule has 0 aromatic heterocycles. The van der Waals surface area contributed by atoms with Gasteiger partial charge in [0.1, 0.15) is 23.8 Å². The highest BCUT2D eigenvalue weighted by atomic mass is 35.5. The molecule has 7 nitrogen and oxygen atoms in total. The fourth-order valence-corrected chi connectivity index (χ4v) is 5.19. The average Bonchev–Trinajstić information content (AvgIpc) is 2.89. The summed E-state index contributed by atoms with van der Waals surface area (Å²) in [6, 6.07) is 27.1. The van der Waals surface area contributed by atoms with Crippen LogP contribution in [0.15, 0.2) is 102 Å². The lowest BCUT2D eigenvalue weighted by Gasteiger charge is -2.24. The SMILES string of the molecule is COc1ccc(N(CC(=O)Nc2ccc(Oc3ccccc3)cc2)S(=O)(=O)c2ccc(C)cc2)cc1Cl. The van der Waals surface area contributed by atoms with E-state index >= 15 is 0 Å². The molecule has 0 heterocycles. The number of hydrogen-bond acceptors (Lipinski definition) is 5. The van der Waals surface area contributed by atoms with Gasteiger partial charge < -0.3 is 14.8 Å². The van der Waals surface area contributed by atoms with Gasteiger partial charge in [0.05, 0.1) is 22.7 Å². The molecule has 0 aliphatic carbocycles. The van der Waals surface area contributed by atoms with Gasteiger partial charge in [-0.1, -0.05) is 47.5 Å². The summed E-state index contributed by atoms with van der Waals surface area (Å²) in [6.45, 7) is 1.39. The van der Waals surface area contributed by atoms with E-state index in [4.69, 9.17) is 21.1 Å². The van der Waals surface area contributed by atoms with E-state index in [9.17, 15) is 13.2 Å². The van der Waals surface area contributed by atoms with Crippen LogP contribution in [0.4, 0.5) is 11.4 Å². The highest BCUT2D eigenvalue weighted by Crippen LogP contribution is 2.32. The number of rotatable bonds is 9. The number of aryl methyl sites for hydroxylation is 1. The smallest absolute Gasteiger partial charge is 0.264 e. The number of methoxy groups -OCH3 is 1. The number of halogens is 1. The average molecular weight is 537 g/mol. The van der Waals surface area contributed by atoms with Gasteiger partial charge in [-0.25, -0.2) is 8.42 Å². The number of amides is 1. The van der Waals surface area contributed by atoms with Crippen molar-refractivity contribution in [1.29, 1.82) is 0 Å². The number of carbonyl (C=O) groups excluding carboxylic acids is 1. The topological polar surface area (TPSA) is 84.9 Å². The fraction of sp³-hybridized carbons (Fsp3) is 0.107. The van der Waals surface area contributed by atoms with Gasteiger partial charge in [-0.05, 0) is 73.7 Å². The molecule has 1 N–H and O–H groups in total. The molecule has 0 radical (unpaired) electrons. The molecule has 4 aromatic carbocycles. The fourth-order valence-electron chi connectivity index (χ4n) is 3.52. The number of carbonyl (C=O) groups is 1. The van der Waals surface area contributed by atoms with Gasteiger partial charge in [0.25, 0.3) is 10.0 Å². The molecule has 0 saturated carbocycles. The molecule has 0 atom stereocenters. The summed E-state index contributed by atoms with van der Waals surface area (Å²) in [7, 11) is -2.62. The minimum Gasteiger partial charge on any atom is -0.495 e. The van der Waals surface area contributed by atoms with Gasteiger partial charge in [-0.3, -0.25) is 9.10 Å². The number of para-hydroxylation sites is 1. The second-order valence-corrected chi connectivity index (χ2v) is 10.4. The lowest BCUT2D eigenvalue weighted by molar-refractivity contribution is -0.114. The molecule has 0 bridgehead atoms. The molecule has 190 valence electrons. The van der Waals surface area contributed by atoms with Crippen LogP contribution in [0, 0.1) is 6.92 Å². The Balaban J connectivity index is 1.56. The normalized spacial score (nSPS) is 11.0. The number of hydrogen-bond donors (Lipinski definition) is 1. The lowest BCUT2D eigenvalue weighted by Crippen LogP contribution is -2.38. The predicted molar refractivity (Wildman–Crippen MR) is 145 cm³/mol. The van der Waals surface area contributed by atoms with Crippen LogP contribution in [0.25, 0.3) is 0 Å². The molecule has 37 heavy (non-hydrogen) atoms. The standard InChI is InChI=1S/C28H25ClN2O5S/c1-20-8-15-25(16-9-20)37(33,34)31(22-12-17-27(35-2)26(29)18-22)19-28(32)30-21-10-13-24(14-11-21)36-23-6-4-3-5-7-23/h3-18H,19H2,1-2H3,(H,30,32). The number of nitrogens with zero attached hydrogens (tertiary/aromatic N) is 1. The zero-order valence-electron chi connectivity index (χ0n) is 20.2. The van der Waals surface area contributed by atoms with Crippen LogP contribution in [-0.4, -0.2) is 28.0 Å². The Bertz CT molecular complexity index is 1480. The first-order chi connectivity index (χ1) is 17.8. The Morgan fingerprint density at radius 2 is 1.54 bits per heavy atom. The maximum absolute atomic E-state index is 13.6. The van der Waals surface area contributed by atoms with Gasteiger partial charge in [0.2, 0.25) is 5.91 Å². The maximum Gasteiger partial charge on any atom is 0.264 e. The minimum absolute atomic E-state index is 0.0558. The first-order valence-electron chi connectivity index (χ1n) is 11.3. The van der Waals surface area contributed by atoms with Crippen molar-refractivity contribution in [3.63, 3.8) is 0 Å². The Morgan fingerprint density at radius 1 is 0.892 bits per heavy atom. The molecule has 0 aliphatic heterocycles. The molecule has 0 saturated heterocycles. The summed E-state index contributed by atoms with van der Waals surface area (Å²) in [5, 5.41) is 2.97. The van der Waals surface area contributed by atoms with Gasteiger partial charge in [0.15, 0.2) is 0 Å². The highest BCUT2D eigenvalue weighted by Gasteiger charge is 2.28. The summed E-state index contributed by atoms with van der Waals surface area (Å²) in [5.41, 5.74) is 1.63. The van der Waals surface area contributed by atoms with E-state index in [-0.39, 0.29) is 15.6 Å². The third-order valence-corrected chi connectivity index (χ3v) is 7.52. The summed E-state index contributed by atoms with van der Waals surface area (Å²) >= 11 is 6.27. The van der Waals surface area contributed by atoms with E-state index in [1.807, 2.05) is 37.3 Å². The van der Waals surface area contributed by atoms with E-state index in [2.05, 4.69) is 5.32 Å². The molecule has 0 unspecified atom stereocenters. The second-order valence-electron chi connectivity index (χ2n) is 8.13. The van der Waals surface area contributed by atoms with E-state index in [1.165, 1.54) is 25.3 Å². The number of benzene rings is 4. The van der Waals surface area contributed by atoms with Crippen LogP contribution in [0.1, 0.15) is 5.56 Å². The van der Waals surface area contributed by atoms with Crippen molar-refractivity contribution in [2.24, 2.45) is 0 Å². The molecule has 0 aliphatic rings. The Labute approximate surface area is 221 Å². The summed E-state index contributed by atoms with van der Waals surface area (Å²) in [4.78, 5) is 13.1. The van der Waals surface area contributed by atoms with Crippen molar-refractivity contribution < 1.29 is 22.7 Å². The summed E-state index contributed by atoms with van der Waals surface area (Å²) < 4.78 is 39.1. The lowest BCUT2D eigenvalue weighted by atomic mass is 10.2. The maximum atomic E-state index is 13.6. The van der Waals surface area contributed by atoms with Crippen molar-refractivity contribution in [1.82, 2.24) is 0 Å². The quantitative estimate of drug-likeness (QED) is 0.272. The number of sulfonamides is 1. The van der Waals surface area contributed by atoms with Crippen molar-refractivity contribution in [2.45, 2.75) is 11.8 Å². The third-order valence-electron chi connectivity index (χ3n) is 5.44. The van der Waals surface area contributed by atoms with Crippen LogP contribution >= 0.6 is 11.6 Å². The second kappa shape index (κ2) is 11.4. The Kier molecular flexibility index (Phi) is 8.01. The number of anilines is 2. The van der Waals surface area contributed by atoms with E-state index in [0.717, 1.165) is 9.87 Å². The Morgan fingerprint density at radius 3 is 2.16 bits per heavy atom. The first kappa shape index (κ1) is 26.1. The van der Waals surface area contributed by atoms with Crippen LogP contribution < -0.4 is 19.1 Å². The predicted octanol–water partition coefficient (Wildman–Crippen LogP) is 6.28. The van der Waals surface area contributed by atoms with Gasteiger partial charge >= 0.3 is 0 Å². The minimum atomic E-state index is -4.08. The first-order valence-corrected chi connectivity index (χ1v) is 13.1. The number of ether oxygens (including phenoxy) is 2. The molecule has 0 spiro atoms. The number of nitrogens with one attached hydrogen (secondary N) is 1. The largest absolute Gasteiger partial charge is 0.495 e. The molecular formula is C28H25ClN2O5S. The zero-order chi connectivity index (χ0) is 26.4. The van der Waals surface area contributed by atoms with E-state index in [0.29, 0.717) is 22.9 Å². The van der Waals surface area contributed by atoms with Crippen LogP contribution in [0.5, 0.6) is 17.2 Å². The van der Waals surface area contributed by atoms with Gasteiger partial charge in [0, 0.05) is 5.69 Å². The summed E-state index contributed by atoms with van der Waals surface area (Å²) in [5.74, 6) is 1.15. The van der Waals surface area contributed by atoms with Crippen LogP contribution in [-0.2, 0) is 14.8 Å². The molecule has 4 aromatic rings. The molecule has 4 rings (SSSR count). The van der Waals surface area contributed by atoms with Gasteiger partial charge in [-0.2, -0.15) is 0 Å².